The summed E-state index contributed by atoms with van der Waals surface area (Å²) in [5, 5.41) is 10.8. The van der Waals surface area contributed by atoms with Crippen LogP contribution in [-0.2, 0) is 0 Å². The Morgan fingerprint density at radius 3 is 1.94 bits per heavy atom. The molecule has 0 unspecified atom stereocenters. The third-order valence-electron chi connectivity index (χ3n) is 5.61. The molecule has 1 rings (SSSR count). The molecule has 1 N–H and O–H groups in total. The van der Waals surface area contributed by atoms with Gasteiger partial charge in [0, 0.05) is 0 Å². The summed E-state index contributed by atoms with van der Waals surface area (Å²) in [6, 6.07) is 0. The standard InChI is InChI=1S/C16H32O/c1-6-13(7-2)16(17)11-9-14(10-12-16)15(4,5)8-3/h13-14,17H,6-12H2,1-5H3. The summed E-state index contributed by atoms with van der Waals surface area (Å²) in [7, 11) is 0. The lowest BCUT2D eigenvalue weighted by atomic mass is 9.63. The average molecular weight is 240 g/mol. The Hall–Kier alpha value is -0.0400. The maximum absolute atomic E-state index is 10.8. The summed E-state index contributed by atoms with van der Waals surface area (Å²) in [5.41, 5.74) is 0.0963. The van der Waals surface area contributed by atoms with Gasteiger partial charge in [-0.05, 0) is 42.9 Å². The minimum atomic E-state index is -0.357. The summed E-state index contributed by atoms with van der Waals surface area (Å²) in [6.45, 7) is 11.5. The highest BCUT2D eigenvalue weighted by Gasteiger charge is 2.41. The van der Waals surface area contributed by atoms with Gasteiger partial charge in [0.25, 0.3) is 0 Å². The summed E-state index contributed by atoms with van der Waals surface area (Å²) in [4.78, 5) is 0. The van der Waals surface area contributed by atoms with Gasteiger partial charge in [0.1, 0.15) is 0 Å². The van der Waals surface area contributed by atoms with E-state index >= 15 is 0 Å². The van der Waals surface area contributed by atoms with Gasteiger partial charge in [-0.2, -0.15) is 0 Å². The highest BCUT2D eigenvalue weighted by atomic mass is 16.3. The molecule has 0 atom stereocenters. The lowest BCUT2D eigenvalue weighted by molar-refractivity contribution is -0.0740. The third kappa shape index (κ3) is 3.24. The van der Waals surface area contributed by atoms with E-state index in [2.05, 4.69) is 34.6 Å². The minimum Gasteiger partial charge on any atom is -0.390 e. The zero-order valence-corrected chi connectivity index (χ0v) is 12.6. The Bertz CT molecular complexity index is 220. The second-order valence-electron chi connectivity index (χ2n) is 6.73. The second-order valence-corrected chi connectivity index (χ2v) is 6.73. The molecule has 0 radical (unpaired) electrons. The van der Waals surface area contributed by atoms with Crippen LogP contribution in [0.5, 0.6) is 0 Å². The first-order valence-electron chi connectivity index (χ1n) is 7.62. The van der Waals surface area contributed by atoms with Gasteiger partial charge in [0.2, 0.25) is 0 Å². The van der Waals surface area contributed by atoms with E-state index in [1.54, 1.807) is 0 Å². The fourth-order valence-electron chi connectivity index (χ4n) is 3.64. The largest absolute Gasteiger partial charge is 0.390 e. The predicted molar refractivity (Wildman–Crippen MR) is 75.1 cm³/mol. The Balaban J connectivity index is 2.61. The van der Waals surface area contributed by atoms with Gasteiger partial charge in [0.15, 0.2) is 0 Å². The molecule has 0 saturated heterocycles. The van der Waals surface area contributed by atoms with Crippen LogP contribution in [0.4, 0.5) is 0 Å². The summed E-state index contributed by atoms with van der Waals surface area (Å²) < 4.78 is 0. The number of hydrogen-bond donors (Lipinski definition) is 1. The molecule has 1 saturated carbocycles. The van der Waals surface area contributed by atoms with Crippen molar-refractivity contribution in [3.05, 3.63) is 0 Å². The van der Waals surface area contributed by atoms with E-state index in [0.717, 1.165) is 31.6 Å². The van der Waals surface area contributed by atoms with Crippen LogP contribution in [0.15, 0.2) is 0 Å². The van der Waals surface area contributed by atoms with E-state index in [1.165, 1.54) is 19.3 Å². The van der Waals surface area contributed by atoms with Crippen molar-refractivity contribution >= 4 is 0 Å². The molecule has 0 aromatic rings. The average Bonchev–Trinajstić information content (AvgIpc) is 2.31. The van der Waals surface area contributed by atoms with Crippen LogP contribution in [0, 0.1) is 17.3 Å². The summed E-state index contributed by atoms with van der Waals surface area (Å²) in [5.74, 6) is 1.32. The quantitative estimate of drug-likeness (QED) is 0.733. The molecule has 1 aliphatic rings. The third-order valence-corrected chi connectivity index (χ3v) is 5.61. The van der Waals surface area contributed by atoms with Gasteiger partial charge in [-0.3, -0.25) is 0 Å². The Kier molecular flexibility index (Phi) is 5.07. The van der Waals surface area contributed by atoms with E-state index in [9.17, 15) is 5.11 Å². The normalized spacial score (nSPS) is 30.9. The van der Waals surface area contributed by atoms with Crippen LogP contribution in [-0.4, -0.2) is 10.7 Å². The minimum absolute atomic E-state index is 0.357. The van der Waals surface area contributed by atoms with Crippen molar-refractivity contribution in [2.24, 2.45) is 17.3 Å². The first kappa shape index (κ1) is 15.0. The first-order valence-corrected chi connectivity index (χ1v) is 7.62. The van der Waals surface area contributed by atoms with Crippen LogP contribution < -0.4 is 0 Å². The molecule has 1 nitrogen and oxygen atoms in total. The number of aliphatic hydroxyl groups is 1. The molecule has 0 bridgehead atoms. The van der Waals surface area contributed by atoms with Gasteiger partial charge in [-0.1, -0.05) is 53.9 Å². The van der Waals surface area contributed by atoms with Crippen LogP contribution in [0.2, 0.25) is 0 Å². The van der Waals surface area contributed by atoms with Crippen LogP contribution in [0.3, 0.4) is 0 Å². The van der Waals surface area contributed by atoms with Crippen molar-refractivity contribution in [1.82, 2.24) is 0 Å². The van der Waals surface area contributed by atoms with Crippen molar-refractivity contribution in [1.29, 1.82) is 0 Å². The molecule has 0 aliphatic heterocycles. The summed E-state index contributed by atoms with van der Waals surface area (Å²) in [6.07, 6.45) is 7.97. The highest BCUT2D eigenvalue weighted by Crippen LogP contribution is 2.46. The summed E-state index contributed by atoms with van der Waals surface area (Å²) >= 11 is 0. The molecule has 0 aromatic heterocycles. The second kappa shape index (κ2) is 5.73. The van der Waals surface area contributed by atoms with Crippen molar-refractivity contribution in [3.8, 4) is 0 Å². The molecule has 1 heteroatoms. The number of hydrogen-bond acceptors (Lipinski definition) is 1. The van der Waals surface area contributed by atoms with Crippen molar-refractivity contribution < 1.29 is 5.11 Å². The predicted octanol–water partition coefficient (Wildman–Crippen LogP) is 4.78. The molecule has 0 amide bonds. The molecule has 0 aromatic carbocycles. The van der Waals surface area contributed by atoms with Gasteiger partial charge < -0.3 is 5.11 Å². The molecular weight excluding hydrogens is 208 g/mol. The molecular formula is C16H32O. The lowest BCUT2D eigenvalue weighted by Gasteiger charge is -2.45. The van der Waals surface area contributed by atoms with Crippen LogP contribution in [0.1, 0.15) is 79.6 Å². The van der Waals surface area contributed by atoms with Crippen molar-refractivity contribution in [2.45, 2.75) is 85.2 Å². The molecule has 1 aliphatic carbocycles. The van der Waals surface area contributed by atoms with E-state index in [0.29, 0.717) is 11.3 Å². The van der Waals surface area contributed by atoms with E-state index in [4.69, 9.17) is 0 Å². The molecule has 17 heavy (non-hydrogen) atoms. The van der Waals surface area contributed by atoms with E-state index in [-0.39, 0.29) is 5.60 Å². The van der Waals surface area contributed by atoms with Crippen LogP contribution >= 0.6 is 0 Å². The number of rotatable bonds is 5. The van der Waals surface area contributed by atoms with Gasteiger partial charge >= 0.3 is 0 Å². The van der Waals surface area contributed by atoms with Crippen molar-refractivity contribution in [2.75, 3.05) is 0 Å². The van der Waals surface area contributed by atoms with E-state index < -0.39 is 0 Å². The SMILES string of the molecule is CCC(CC)C1(O)CCC(C(C)(C)CC)CC1. The fraction of sp³-hybridized carbons (Fsp3) is 1.00. The molecule has 1 fully saturated rings. The smallest absolute Gasteiger partial charge is 0.0675 e. The fourth-order valence-corrected chi connectivity index (χ4v) is 3.64. The Labute approximate surface area is 108 Å². The molecule has 102 valence electrons. The zero-order valence-electron chi connectivity index (χ0n) is 12.6. The maximum atomic E-state index is 10.8. The zero-order chi connectivity index (χ0) is 13.1. The lowest BCUT2D eigenvalue weighted by Crippen LogP contribution is -2.43. The van der Waals surface area contributed by atoms with Gasteiger partial charge in [0.05, 0.1) is 5.60 Å². The van der Waals surface area contributed by atoms with Gasteiger partial charge in [-0.15, -0.1) is 0 Å². The Morgan fingerprint density at radius 1 is 1.12 bits per heavy atom. The maximum Gasteiger partial charge on any atom is 0.0675 e. The van der Waals surface area contributed by atoms with Crippen LogP contribution in [0.25, 0.3) is 0 Å². The topological polar surface area (TPSA) is 20.2 Å². The van der Waals surface area contributed by atoms with Crippen molar-refractivity contribution in [3.63, 3.8) is 0 Å². The van der Waals surface area contributed by atoms with Gasteiger partial charge in [-0.25, -0.2) is 0 Å². The van der Waals surface area contributed by atoms with E-state index in [1.807, 2.05) is 0 Å². The molecule has 0 spiro atoms. The Morgan fingerprint density at radius 2 is 1.59 bits per heavy atom. The first-order chi connectivity index (χ1) is 7.89. The molecule has 0 heterocycles. The highest BCUT2D eigenvalue weighted by molar-refractivity contribution is 4.93. The monoisotopic (exact) mass is 240 g/mol.